The van der Waals surface area contributed by atoms with Gasteiger partial charge in [-0.1, -0.05) is 60.7 Å². The number of amides is 1. The highest BCUT2D eigenvalue weighted by Crippen LogP contribution is 2.24. The molecule has 0 spiro atoms. The minimum Gasteiger partial charge on any atom is -0.481 e. The molecule has 3 rings (SSSR count). The second-order valence-corrected chi connectivity index (χ2v) is 6.21. The molecule has 27 heavy (non-hydrogen) atoms. The Morgan fingerprint density at radius 3 is 2.19 bits per heavy atom. The molecule has 2 aromatic rings. The maximum atomic E-state index is 12.5. The van der Waals surface area contributed by atoms with Crippen molar-refractivity contribution in [1.29, 1.82) is 0 Å². The average molecular weight is 369 g/mol. The Hall–Kier alpha value is -3.35. The van der Waals surface area contributed by atoms with Gasteiger partial charge < -0.3 is 19.5 Å². The molecule has 1 aliphatic heterocycles. The van der Waals surface area contributed by atoms with E-state index in [1.54, 1.807) is 30.3 Å². The van der Waals surface area contributed by atoms with Crippen LogP contribution in [0.4, 0.5) is 4.79 Å². The molecule has 2 aromatic carbocycles. The highest BCUT2D eigenvalue weighted by Gasteiger charge is 2.38. The van der Waals surface area contributed by atoms with Crippen LogP contribution in [0.25, 0.3) is 0 Å². The second-order valence-electron chi connectivity index (χ2n) is 6.21. The number of hydrogen-bond donors (Lipinski definition) is 1. The lowest BCUT2D eigenvalue weighted by Crippen LogP contribution is -2.53. The van der Waals surface area contributed by atoms with Crippen molar-refractivity contribution >= 4 is 18.0 Å². The molecule has 1 heterocycles. The second kappa shape index (κ2) is 8.35. The van der Waals surface area contributed by atoms with Crippen molar-refractivity contribution < 1.29 is 29.0 Å². The summed E-state index contributed by atoms with van der Waals surface area (Å²) in [7, 11) is 0. The Kier molecular flexibility index (Phi) is 5.71. The van der Waals surface area contributed by atoms with E-state index >= 15 is 0 Å². The maximum Gasteiger partial charge on any atom is 0.411 e. The number of carboxylic acids is 1. The van der Waals surface area contributed by atoms with E-state index in [1.807, 2.05) is 30.3 Å². The molecule has 0 aliphatic carbocycles. The number of likely N-dealkylation sites (tertiary alicyclic amines) is 1. The molecule has 0 bridgehead atoms. The van der Waals surface area contributed by atoms with Gasteiger partial charge in [0.15, 0.2) is 0 Å². The molecular formula is C20H19NO6. The molecule has 0 saturated carbocycles. The van der Waals surface area contributed by atoms with Crippen LogP contribution < -0.4 is 0 Å². The van der Waals surface area contributed by atoms with Crippen molar-refractivity contribution in [2.75, 3.05) is 13.1 Å². The van der Waals surface area contributed by atoms with E-state index < -0.39 is 30.1 Å². The van der Waals surface area contributed by atoms with Crippen LogP contribution in [0.3, 0.4) is 0 Å². The first-order valence-electron chi connectivity index (χ1n) is 8.48. The van der Waals surface area contributed by atoms with Gasteiger partial charge in [0, 0.05) is 18.7 Å². The van der Waals surface area contributed by atoms with E-state index in [4.69, 9.17) is 14.6 Å². The van der Waals surface area contributed by atoms with Crippen LogP contribution in [0.5, 0.6) is 0 Å². The first-order valence-corrected chi connectivity index (χ1v) is 8.48. The third kappa shape index (κ3) is 4.63. The Labute approximate surface area is 156 Å². The molecule has 1 unspecified atom stereocenters. The SMILES string of the molecule is O=C(O)C1CN(C(=O)OC(C(=O)OCc2ccccc2)c2ccccc2)C1. The lowest BCUT2D eigenvalue weighted by atomic mass is 10.0. The van der Waals surface area contributed by atoms with Crippen LogP contribution in [0.2, 0.25) is 0 Å². The summed E-state index contributed by atoms with van der Waals surface area (Å²) in [5, 5.41) is 8.91. The number of carboxylic acid groups (broad SMARTS) is 1. The molecule has 1 fully saturated rings. The first-order chi connectivity index (χ1) is 13.0. The Morgan fingerprint density at radius 1 is 1.00 bits per heavy atom. The van der Waals surface area contributed by atoms with E-state index in [-0.39, 0.29) is 19.7 Å². The first kappa shape index (κ1) is 18.4. The standard InChI is InChI=1S/C20H19NO6/c22-18(23)16-11-21(12-16)20(25)27-17(15-9-5-2-6-10-15)19(24)26-13-14-7-3-1-4-8-14/h1-10,16-17H,11-13H2,(H,22,23). The van der Waals surface area contributed by atoms with Crippen LogP contribution in [-0.4, -0.2) is 41.1 Å². The third-order valence-corrected chi connectivity index (χ3v) is 4.25. The fourth-order valence-corrected chi connectivity index (χ4v) is 2.64. The van der Waals surface area contributed by atoms with Gasteiger partial charge in [0.2, 0.25) is 6.10 Å². The lowest BCUT2D eigenvalue weighted by molar-refractivity contribution is -0.157. The highest BCUT2D eigenvalue weighted by atomic mass is 16.6. The van der Waals surface area contributed by atoms with Crippen LogP contribution in [-0.2, 0) is 25.7 Å². The van der Waals surface area contributed by atoms with Gasteiger partial charge >= 0.3 is 18.0 Å². The van der Waals surface area contributed by atoms with Gasteiger partial charge in [-0.3, -0.25) is 4.79 Å². The smallest absolute Gasteiger partial charge is 0.411 e. The van der Waals surface area contributed by atoms with Gasteiger partial charge in [0.25, 0.3) is 0 Å². The fourth-order valence-electron chi connectivity index (χ4n) is 2.64. The van der Waals surface area contributed by atoms with Crippen LogP contribution >= 0.6 is 0 Å². The van der Waals surface area contributed by atoms with Gasteiger partial charge in [-0.2, -0.15) is 0 Å². The van der Waals surface area contributed by atoms with Crippen molar-refractivity contribution in [3.8, 4) is 0 Å². The van der Waals surface area contributed by atoms with E-state index in [1.165, 1.54) is 4.90 Å². The minimum atomic E-state index is -1.22. The van der Waals surface area contributed by atoms with Gasteiger partial charge in [-0.15, -0.1) is 0 Å². The molecule has 0 aromatic heterocycles. The summed E-state index contributed by atoms with van der Waals surface area (Å²) in [6.45, 7) is 0.189. The number of carbonyl (C=O) groups is 3. The Balaban J connectivity index is 1.65. The average Bonchev–Trinajstić information content (AvgIpc) is 2.64. The van der Waals surface area contributed by atoms with Gasteiger partial charge in [-0.25, -0.2) is 9.59 Å². The van der Waals surface area contributed by atoms with E-state index in [9.17, 15) is 14.4 Å². The summed E-state index contributed by atoms with van der Waals surface area (Å²) in [6.07, 6.45) is -1.95. The number of aliphatic carboxylic acids is 1. The van der Waals surface area contributed by atoms with E-state index in [0.29, 0.717) is 5.56 Å². The molecule has 7 heteroatoms. The minimum absolute atomic E-state index is 0.0609. The summed E-state index contributed by atoms with van der Waals surface area (Å²) >= 11 is 0. The number of carbonyl (C=O) groups excluding carboxylic acids is 2. The summed E-state index contributed by atoms with van der Waals surface area (Å²) in [6, 6.07) is 17.7. The molecule has 140 valence electrons. The van der Waals surface area contributed by atoms with Gasteiger partial charge in [0.1, 0.15) is 6.61 Å². The van der Waals surface area contributed by atoms with Crippen molar-refractivity contribution in [1.82, 2.24) is 4.90 Å². The molecule has 0 radical (unpaired) electrons. The summed E-state index contributed by atoms with van der Waals surface area (Å²) in [5.41, 5.74) is 1.30. The van der Waals surface area contributed by atoms with Crippen molar-refractivity contribution in [2.24, 2.45) is 5.92 Å². The van der Waals surface area contributed by atoms with Crippen molar-refractivity contribution in [3.63, 3.8) is 0 Å². The Bertz CT molecular complexity index is 802. The van der Waals surface area contributed by atoms with Crippen LogP contribution in [0.1, 0.15) is 17.2 Å². The lowest BCUT2D eigenvalue weighted by Gasteiger charge is -2.36. The normalized spacial score (nSPS) is 14.7. The molecule has 7 nitrogen and oxygen atoms in total. The molecule has 1 atom stereocenters. The molecule has 1 amide bonds. The highest BCUT2D eigenvalue weighted by molar-refractivity contribution is 5.81. The zero-order valence-electron chi connectivity index (χ0n) is 14.5. The number of benzene rings is 2. The van der Waals surface area contributed by atoms with Crippen molar-refractivity contribution in [3.05, 3.63) is 71.8 Å². The van der Waals surface area contributed by atoms with Gasteiger partial charge in [0.05, 0.1) is 5.92 Å². The molecule has 1 aliphatic rings. The molecular weight excluding hydrogens is 350 g/mol. The topological polar surface area (TPSA) is 93.1 Å². The monoisotopic (exact) mass is 369 g/mol. The summed E-state index contributed by atoms with van der Waals surface area (Å²) < 4.78 is 10.6. The summed E-state index contributed by atoms with van der Waals surface area (Å²) in [4.78, 5) is 36.9. The fraction of sp³-hybridized carbons (Fsp3) is 0.250. The Morgan fingerprint density at radius 2 is 1.59 bits per heavy atom. The van der Waals surface area contributed by atoms with E-state index in [2.05, 4.69) is 0 Å². The van der Waals surface area contributed by atoms with Crippen LogP contribution in [0.15, 0.2) is 60.7 Å². The van der Waals surface area contributed by atoms with Gasteiger partial charge in [-0.05, 0) is 5.56 Å². The van der Waals surface area contributed by atoms with Crippen LogP contribution in [0, 0.1) is 5.92 Å². The zero-order chi connectivity index (χ0) is 19.2. The van der Waals surface area contributed by atoms with E-state index in [0.717, 1.165) is 5.56 Å². The zero-order valence-corrected chi connectivity index (χ0v) is 14.5. The number of ether oxygens (including phenoxy) is 2. The molecule has 1 N–H and O–H groups in total. The maximum absolute atomic E-state index is 12.5. The summed E-state index contributed by atoms with van der Waals surface area (Å²) in [5.74, 6) is -2.24. The predicted octanol–water partition coefficient (Wildman–Crippen LogP) is 2.62. The van der Waals surface area contributed by atoms with Crippen molar-refractivity contribution in [2.45, 2.75) is 12.7 Å². The number of rotatable bonds is 6. The number of esters is 1. The number of nitrogens with zero attached hydrogens (tertiary/aromatic N) is 1. The predicted molar refractivity (Wildman–Crippen MR) is 94.6 cm³/mol. The molecule has 1 saturated heterocycles. The third-order valence-electron chi connectivity index (χ3n) is 4.25. The number of hydrogen-bond acceptors (Lipinski definition) is 5. The largest absolute Gasteiger partial charge is 0.481 e. The quantitative estimate of drug-likeness (QED) is 0.787.